The fourth-order valence-corrected chi connectivity index (χ4v) is 3.77. The SMILES string of the molecule is CCC1CCCC2C1N(CC)C(=O)OC2(C)C. The summed E-state index contributed by atoms with van der Waals surface area (Å²) in [5, 5.41) is 0. The number of ether oxygens (including phenoxy) is 1. The molecule has 2 rings (SSSR count). The van der Waals surface area contributed by atoms with Crippen LogP contribution in [0.2, 0.25) is 0 Å². The number of fused-ring (bicyclic) bond motifs is 1. The van der Waals surface area contributed by atoms with Crippen molar-refractivity contribution in [2.24, 2.45) is 11.8 Å². The fourth-order valence-electron chi connectivity index (χ4n) is 3.77. The molecule has 0 spiro atoms. The van der Waals surface area contributed by atoms with E-state index in [-0.39, 0.29) is 11.7 Å². The molecule has 3 heteroatoms. The molecule has 98 valence electrons. The Kier molecular flexibility index (Phi) is 3.37. The van der Waals surface area contributed by atoms with E-state index in [0.717, 1.165) is 6.54 Å². The fraction of sp³-hybridized carbons (Fsp3) is 0.929. The van der Waals surface area contributed by atoms with Crippen molar-refractivity contribution in [2.45, 2.75) is 65.0 Å². The lowest BCUT2D eigenvalue weighted by Gasteiger charge is -2.53. The van der Waals surface area contributed by atoms with Gasteiger partial charge < -0.3 is 9.64 Å². The van der Waals surface area contributed by atoms with Gasteiger partial charge in [0, 0.05) is 18.5 Å². The van der Waals surface area contributed by atoms with Crippen LogP contribution in [0.1, 0.15) is 53.4 Å². The van der Waals surface area contributed by atoms with E-state index >= 15 is 0 Å². The molecule has 1 aliphatic heterocycles. The first kappa shape index (κ1) is 12.7. The molecule has 1 saturated carbocycles. The Bertz CT molecular complexity index is 301. The van der Waals surface area contributed by atoms with Gasteiger partial charge in [-0.3, -0.25) is 0 Å². The first-order chi connectivity index (χ1) is 8.01. The lowest BCUT2D eigenvalue weighted by Crippen LogP contribution is -2.62. The van der Waals surface area contributed by atoms with Gasteiger partial charge in [0.2, 0.25) is 0 Å². The highest BCUT2D eigenvalue weighted by atomic mass is 16.6. The van der Waals surface area contributed by atoms with E-state index in [4.69, 9.17) is 4.74 Å². The normalized spacial score (nSPS) is 36.4. The summed E-state index contributed by atoms with van der Waals surface area (Å²) in [6.07, 6.45) is 4.79. The van der Waals surface area contributed by atoms with Crippen molar-refractivity contribution in [1.29, 1.82) is 0 Å². The van der Waals surface area contributed by atoms with Crippen LogP contribution in [0.5, 0.6) is 0 Å². The van der Waals surface area contributed by atoms with Crippen molar-refractivity contribution in [3.05, 3.63) is 0 Å². The van der Waals surface area contributed by atoms with Crippen LogP contribution in [0.15, 0.2) is 0 Å². The monoisotopic (exact) mass is 239 g/mol. The van der Waals surface area contributed by atoms with Gasteiger partial charge in [-0.25, -0.2) is 4.79 Å². The zero-order valence-corrected chi connectivity index (χ0v) is 11.5. The maximum Gasteiger partial charge on any atom is 0.410 e. The van der Waals surface area contributed by atoms with Gasteiger partial charge in [0.05, 0.1) is 0 Å². The molecule has 2 fully saturated rings. The van der Waals surface area contributed by atoms with E-state index < -0.39 is 0 Å². The van der Waals surface area contributed by atoms with Gasteiger partial charge in [-0.05, 0) is 39.5 Å². The average Bonchev–Trinajstić information content (AvgIpc) is 2.28. The molecule has 1 aliphatic carbocycles. The molecule has 3 atom stereocenters. The van der Waals surface area contributed by atoms with Crippen LogP contribution in [-0.2, 0) is 4.74 Å². The van der Waals surface area contributed by atoms with Gasteiger partial charge >= 0.3 is 6.09 Å². The number of carbonyl (C=O) groups excluding carboxylic acids is 1. The van der Waals surface area contributed by atoms with E-state index in [1.54, 1.807) is 0 Å². The van der Waals surface area contributed by atoms with Crippen molar-refractivity contribution in [1.82, 2.24) is 4.90 Å². The molecule has 3 nitrogen and oxygen atoms in total. The van der Waals surface area contributed by atoms with Gasteiger partial charge in [0.15, 0.2) is 0 Å². The molecule has 0 N–H and O–H groups in total. The summed E-state index contributed by atoms with van der Waals surface area (Å²) in [4.78, 5) is 14.0. The Balaban J connectivity index is 2.31. The van der Waals surface area contributed by atoms with Crippen molar-refractivity contribution >= 4 is 6.09 Å². The lowest BCUT2D eigenvalue weighted by molar-refractivity contribution is -0.120. The Morgan fingerprint density at radius 1 is 1.35 bits per heavy atom. The third-order valence-corrected chi connectivity index (χ3v) is 4.69. The number of nitrogens with zero attached hydrogens (tertiary/aromatic N) is 1. The molecule has 0 aromatic heterocycles. The van der Waals surface area contributed by atoms with Crippen molar-refractivity contribution in [3.63, 3.8) is 0 Å². The van der Waals surface area contributed by atoms with Gasteiger partial charge in [-0.1, -0.05) is 19.8 Å². The van der Waals surface area contributed by atoms with Gasteiger partial charge in [-0.2, -0.15) is 0 Å². The third-order valence-electron chi connectivity index (χ3n) is 4.69. The van der Waals surface area contributed by atoms with E-state index in [1.165, 1.54) is 25.7 Å². The Morgan fingerprint density at radius 2 is 2.06 bits per heavy atom. The Morgan fingerprint density at radius 3 is 2.65 bits per heavy atom. The number of rotatable bonds is 2. The van der Waals surface area contributed by atoms with Crippen LogP contribution in [0.25, 0.3) is 0 Å². The molecular weight excluding hydrogens is 214 g/mol. The van der Waals surface area contributed by atoms with Gasteiger partial charge in [0.1, 0.15) is 5.60 Å². The predicted octanol–water partition coefficient (Wildman–Crippen LogP) is 3.43. The first-order valence-corrected chi connectivity index (χ1v) is 7.00. The highest BCUT2D eigenvalue weighted by Gasteiger charge is 2.51. The summed E-state index contributed by atoms with van der Waals surface area (Å²) in [5.74, 6) is 1.15. The molecule has 0 radical (unpaired) electrons. The maximum atomic E-state index is 12.1. The predicted molar refractivity (Wildman–Crippen MR) is 67.9 cm³/mol. The quantitative estimate of drug-likeness (QED) is 0.739. The highest BCUT2D eigenvalue weighted by Crippen LogP contribution is 2.44. The molecule has 2 aliphatic rings. The molecule has 0 bridgehead atoms. The second kappa shape index (κ2) is 4.51. The zero-order chi connectivity index (χ0) is 12.6. The zero-order valence-electron chi connectivity index (χ0n) is 11.5. The number of hydrogen-bond donors (Lipinski definition) is 0. The van der Waals surface area contributed by atoms with Gasteiger partial charge in [-0.15, -0.1) is 0 Å². The summed E-state index contributed by atoms with van der Waals surface area (Å²) in [7, 11) is 0. The smallest absolute Gasteiger partial charge is 0.410 e. The van der Waals surface area contributed by atoms with E-state index in [1.807, 2.05) is 4.90 Å². The minimum Gasteiger partial charge on any atom is -0.443 e. The second-order valence-corrected chi connectivity index (χ2v) is 5.95. The minimum atomic E-state index is -0.290. The van der Waals surface area contributed by atoms with Gasteiger partial charge in [0.25, 0.3) is 0 Å². The summed E-state index contributed by atoms with van der Waals surface area (Å²) in [5.41, 5.74) is -0.290. The molecular formula is C14H25NO2. The van der Waals surface area contributed by atoms with Crippen molar-refractivity contribution in [3.8, 4) is 0 Å². The molecule has 17 heavy (non-hydrogen) atoms. The molecule has 0 aromatic carbocycles. The maximum absolute atomic E-state index is 12.1. The molecule has 1 saturated heterocycles. The van der Waals surface area contributed by atoms with Crippen LogP contribution in [-0.4, -0.2) is 29.2 Å². The van der Waals surface area contributed by atoms with Crippen LogP contribution >= 0.6 is 0 Å². The lowest BCUT2D eigenvalue weighted by atomic mass is 9.68. The standard InChI is InChI=1S/C14H25NO2/c1-5-10-8-7-9-11-12(10)15(6-2)13(16)17-14(11,3)4/h10-12H,5-9H2,1-4H3. The molecule has 1 heterocycles. The van der Waals surface area contributed by atoms with Crippen molar-refractivity contribution in [2.75, 3.05) is 6.54 Å². The Labute approximate surface area is 105 Å². The summed E-state index contributed by atoms with van der Waals surface area (Å²) in [6, 6.07) is 0.398. The molecule has 3 unspecified atom stereocenters. The van der Waals surface area contributed by atoms with Crippen LogP contribution in [0, 0.1) is 11.8 Å². The van der Waals surface area contributed by atoms with Crippen LogP contribution in [0.4, 0.5) is 4.79 Å². The van der Waals surface area contributed by atoms with E-state index in [9.17, 15) is 4.79 Å². The largest absolute Gasteiger partial charge is 0.443 e. The minimum absolute atomic E-state index is 0.112. The van der Waals surface area contributed by atoms with Crippen LogP contribution in [0.3, 0.4) is 0 Å². The molecule has 0 aromatic rings. The first-order valence-electron chi connectivity index (χ1n) is 7.00. The number of carbonyl (C=O) groups is 1. The molecule has 1 amide bonds. The van der Waals surface area contributed by atoms with E-state index in [2.05, 4.69) is 27.7 Å². The third kappa shape index (κ3) is 2.04. The van der Waals surface area contributed by atoms with Crippen molar-refractivity contribution < 1.29 is 9.53 Å². The van der Waals surface area contributed by atoms with E-state index in [0.29, 0.717) is 17.9 Å². The number of cyclic esters (lactones) is 1. The van der Waals surface area contributed by atoms with Crippen LogP contribution < -0.4 is 0 Å². The summed E-state index contributed by atoms with van der Waals surface area (Å²) in [6.45, 7) is 9.22. The number of amides is 1. The summed E-state index contributed by atoms with van der Waals surface area (Å²) >= 11 is 0. The second-order valence-electron chi connectivity index (χ2n) is 5.95. The Hall–Kier alpha value is -0.730. The number of hydrogen-bond acceptors (Lipinski definition) is 2. The average molecular weight is 239 g/mol. The topological polar surface area (TPSA) is 29.5 Å². The summed E-state index contributed by atoms with van der Waals surface area (Å²) < 4.78 is 5.63. The highest BCUT2D eigenvalue weighted by molar-refractivity contribution is 5.69.